The molecule has 0 bridgehead atoms. The van der Waals surface area contributed by atoms with Crippen LogP contribution in [0.25, 0.3) is 0 Å². The van der Waals surface area contributed by atoms with Crippen LogP contribution in [0.5, 0.6) is 0 Å². The molecule has 0 N–H and O–H groups in total. The summed E-state index contributed by atoms with van der Waals surface area (Å²) in [5, 5.41) is 0. The second kappa shape index (κ2) is 10.4. The lowest BCUT2D eigenvalue weighted by Gasteiger charge is -2.32. The second-order valence-corrected chi connectivity index (χ2v) is 5.69. The lowest BCUT2D eigenvalue weighted by Crippen LogP contribution is -2.41. The van der Waals surface area contributed by atoms with E-state index in [1.807, 2.05) is 13.0 Å². The highest BCUT2D eigenvalue weighted by Crippen LogP contribution is 2.23. The van der Waals surface area contributed by atoms with Gasteiger partial charge in [0, 0.05) is 6.92 Å². The summed E-state index contributed by atoms with van der Waals surface area (Å²) in [7, 11) is 0. The van der Waals surface area contributed by atoms with Gasteiger partial charge in [0.05, 0.1) is 18.3 Å². The minimum atomic E-state index is -1.35. The Balaban J connectivity index is 2.70. The van der Waals surface area contributed by atoms with Crippen LogP contribution in [0, 0.1) is 0 Å². The molecule has 0 aliphatic carbocycles. The topological polar surface area (TPSA) is 44.8 Å². The number of carbonyl (C=O) groups is 1. The fourth-order valence-corrected chi connectivity index (χ4v) is 2.42. The number of benzene rings is 1. The minimum Gasteiger partial charge on any atom is -0.404 e. The van der Waals surface area contributed by atoms with E-state index in [4.69, 9.17) is 14.2 Å². The highest BCUT2D eigenvalue weighted by molar-refractivity contribution is 5.89. The molecule has 0 amide bonds. The summed E-state index contributed by atoms with van der Waals surface area (Å²) < 4.78 is 17.1. The zero-order valence-corrected chi connectivity index (χ0v) is 14.8. The summed E-state index contributed by atoms with van der Waals surface area (Å²) in [5.74, 6) is -1.79. The Morgan fingerprint density at radius 2 is 1.83 bits per heavy atom. The van der Waals surface area contributed by atoms with Gasteiger partial charge in [-0.25, -0.2) is 4.79 Å². The summed E-state index contributed by atoms with van der Waals surface area (Å²) in [4.78, 5) is 12.3. The molecule has 0 saturated carbocycles. The Hall–Kier alpha value is -1.39. The van der Waals surface area contributed by atoms with Crippen molar-refractivity contribution in [1.29, 1.82) is 0 Å². The molecule has 0 saturated heterocycles. The number of rotatable bonds is 11. The van der Waals surface area contributed by atoms with E-state index in [1.54, 1.807) is 31.2 Å². The number of unbranched alkanes of at least 4 members (excludes halogenated alkanes) is 2. The Kier molecular flexibility index (Phi) is 8.89. The Labute approximate surface area is 140 Å². The average Bonchev–Trinajstić information content (AvgIpc) is 2.55. The lowest BCUT2D eigenvalue weighted by molar-refractivity contribution is -0.359. The standard InChI is InChI=1S/C19H30O4/c1-5-8-10-15-17(6-2)22-19(4,21-7-3)23-18(20)16-13-11-9-12-14-16/h9,11-14,17H,5-8,10,15H2,1-4H3. The van der Waals surface area contributed by atoms with Crippen molar-refractivity contribution in [2.75, 3.05) is 6.61 Å². The van der Waals surface area contributed by atoms with Crippen LogP contribution in [0.1, 0.15) is 70.2 Å². The fourth-order valence-electron chi connectivity index (χ4n) is 2.42. The molecule has 4 heteroatoms. The first-order chi connectivity index (χ1) is 11.0. The smallest absolute Gasteiger partial charge is 0.342 e. The van der Waals surface area contributed by atoms with Crippen LogP contribution in [0.2, 0.25) is 0 Å². The van der Waals surface area contributed by atoms with Gasteiger partial charge < -0.3 is 14.2 Å². The van der Waals surface area contributed by atoms with Crippen molar-refractivity contribution < 1.29 is 19.0 Å². The number of hydrogen-bond acceptors (Lipinski definition) is 4. The van der Waals surface area contributed by atoms with Gasteiger partial charge in [0.25, 0.3) is 0 Å². The maximum atomic E-state index is 12.3. The van der Waals surface area contributed by atoms with Crippen molar-refractivity contribution in [2.45, 2.75) is 71.9 Å². The molecular formula is C19H30O4. The van der Waals surface area contributed by atoms with Gasteiger partial charge in [0.1, 0.15) is 0 Å². The zero-order valence-electron chi connectivity index (χ0n) is 14.8. The van der Waals surface area contributed by atoms with Gasteiger partial charge in [-0.15, -0.1) is 0 Å². The van der Waals surface area contributed by atoms with Crippen LogP contribution in [-0.2, 0) is 14.2 Å². The third-order valence-electron chi connectivity index (χ3n) is 3.66. The SMILES string of the molecule is CCCCCC(CC)OC(C)(OCC)OC(=O)c1ccccc1. The lowest BCUT2D eigenvalue weighted by atomic mass is 10.1. The summed E-state index contributed by atoms with van der Waals surface area (Å²) in [6.45, 7) is 8.18. The third kappa shape index (κ3) is 7.14. The van der Waals surface area contributed by atoms with E-state index < -0.39 is 11.9 Å². The van der Waals surface area contributed by atoms with E-state index in [0.717, 1.165) is 19.3 Å². The van der Waals surface area contributed by atoms with Gasteiger partial charge in [-0.1, -0.05) is 51.3 Å². The first-order valence-corrected chi connectivity index (χ1v) is 8.64. The van der Waals surface area contributed by atoms with E-state index >= 15 is 0 Å². The Morgan fingerprint density at radius 3 is 2.39 bits per heavy atom. The van der Waals surface area contributed by atoms with Gasteiger partial charge in [-0.05, 0) is 31.9 Å². The van der Waals surface area contributed by atoms with Crippen molar-refractivity contribution in [2.24, 2.45) is 0 Å². The molecule has 1 aromatic rings. The largest absolute Gasteiger partial charge is 0.404 e. The fraction of sp³-hybridized carbons (Fsp3) is 0.632. The highest BCUT2D eigenvalue weighted by Gasteiger charge is 2.34. The van der Waals surface area contributed by atoms with E-state index in [-0.39, 0.29) is 6.10 Å². The molecule has 0 spiro atoms. The normalized spacial score (nSPS) is 15.0. The van der Waals surface area contributed by atoms with Gasteiger partial charge in [-0.3, -0.25) is 0 Å². The first kappa shape index (κ1) is 19.7. The number of carbonyl (C=O) groups excluding carboxylic acids is 1. The number of hydrogen-bond donors (Lipinski definition) is 0. The van der Waals surface area contributed by atoms with Crippen LogP contribution < -0.4 is 0 Å². The molecule has 1 rings (SSSR count). The van der Waals surface area contributed by atoms with Crippen molar-refractivity contribution in [1.82, 2.24) is 0 Å². The van der Waals surface area contributed by atoms with Crippen molar-refractivity contribution >= 4 is 5.97 Å². The second-order valence-electron chi connectivity index (χ2n) is 5.69. The summed E-state index contributed by atoms with van der Waals surface area (Å²) in [6.07, 6.45) is 5.26. The maximum Gasteiger partial charge on any atom is 0.342 e. The number of esters is 1. The molecule has 0 fully saturated rings. The van der Waals surface area contributed by atoms with Gasteiger partial charge in [-0.2, -0.15) is 0 Å². The Morgan fingerprint density at radius 1 is 1.13 bits per heavy atom. The first-order valence-electron chi connectivity index (χ1n) is 8.64. The van der Waals surface area contributed by atoms with Crippen LogP contribution in [0.15, 0.2) is 30.3 Å². The van der Waals surface area contributed by atoms with E-state index in [2.05, 4.69) is 13.8 Å². The monoisotopic (exact) mass is 322 g/mol. The maximum absolute atomic E-state index is 12.3. The molecule has 0 radical (unpaired) electrons. The van der Waals surface area contributed by atoms with Gasteiger partial charge in [0.15, 0.2) is 0 Å². The van der Waals surface area contributed by atoms with E-state index in [0.29, 0.717) is 12.2 Å². The van der Waals surface area contributed by atoms with Crippen LogP contribution in [-0.4, -0.2) is 24.7 Å². The van der Waals surface area contributed by atoms with Crippen molar-refractivity contribution in [3.8, 4) is 0 Å². The zero-order chi connectivity index (χ0) is 17.1. The van der Waals surface area contributed by atoms with Crippen molar-refractivity contribution in [3.05, 3.63) is 35.9 Å². The third-order valence-corrected chi connectivity index (χ3v) is 3.66. The molecule has 0 aromatic heterocycles. The minimum absolute atomic E-state index is 0.0154. The predicted molar refractivity (Wildman–Crippen MR) is 91.2 cm³/mol. The quantitative estimate of drug-likeness (QED) is 0.329. The summed E-state index contributed by atoms with van der Waals surface area (Å²) in [6, 6.07) is 8.89. The van der Waals surface area contributed by atoms with Crippen LogP contribution in [0.4, 0.5) is 0 Å². The number of ether oxygens (including phenoxy) is 3. The molecule has 2 atom stereocenters. The molecular weight excluding hydrogens is 292 g/mol. The van der Waals surface area contributed by atoms with E-state index in [9.17, 15) is 4.79 Å². The molecule has 4 nitrogen and oxygen atoms in total. The molecule has 0 aliphatic rings. The Bertz CT molecular complexity index is 446. The molecule has 2 unspecified atom stereocenters. The van der Waals surface area contributed by atoms with Crippen molar-refractivity contribution in [3.63, 3.8) is 0 Å². The summed E-state index contributed by atoms with van der Waals surface area (Å²) >= 11 is 0. The van der Waals surface area contributed by atoms with Gasteiger partial charge >= 0.3 is 11.9 Å². The average molecular weight is 322 g/mol. The van der Waals surface area contributed by atoms with Gasteiger partial charge in [0.2, 0.25) is 0 Å². The highest BCUT2D eigenvalue weighted by atomic mass is 16.9. The van der Waals surface area contributed by atoms with Crippen LogP contribution in [0.3, 0.4) is 0 Å². The summed E-state index contributed by atoms with van der Waals surface area (Å²) in [5.41, 5.74) is 0.487. The molecule has 23 heavy (non-hydrogen) atoms. The predicted octanol–water partition coefficient (Wildman–Crippen LogP) is 4.93. The molecule has 0 aliphatic heterocycles. The van der Waals surface area contributed by atoms with Crippen LogP contribution >= 0.6 is 0 Å². The molecule has 1 aromatic carbocycles. The van der Waals surface area contributed by atoms with E-state index in [1.165, 1.54) is 12.8 Å². The molecule has 0 heterocycles. The molecule has 130 valence electrons.